The van der Waals surface area contributed by atoms with Gasteiger partial charge >= 0.3 is 0 Å². The molecule has 5 rings (SSSR count). The maximum atomic E-state index is 13.2. The quantitative estimate of drug-likeness (QED) is 0.277. The van der Waals surface area contributed by atoms with Crippen molar-refractivity contribution in [3.05, 3.63) is 101 Å². The molecule has 1 amide bonds. The van der Waals surface area contributed by atoms with Gasteiger partial charge in [-0.05, 0) is 42.6 Å². The molecule has 0 aliphatic carbocycles. The van der Waals surface area contributed by atoms with E-state index in [0.717, 1.165) is 16.5 Å². The second kappa shape index (κ2) is 8.96. The number of fused-ring (bicyclic) bond motifs is 2. The number of rotatable bonds is 6. The Labute approximate surface area is 194 Å². The smallest absolute Gasteiger partial charge is 0.262 e. The summed E-state index contributed by atoms with van der Waals surface area (Å²) in [6, 6.07) is 24.5. The second-order valence-electron chi connectivity index (χ2n) is 7.66. The van der Waals surface area contributed by atoms with Crippen molar-refractivity contribution in [3.63, 3.8) is 0 Å². The molecule has 5 aromatic rings. The summed E-state index contributed by atoms with van der Waals surface area (Å²) in [4.78, 5) is 31.0. The number of para-hydroxylation sites is 1. The molecule has 1 unspecified atom stereocenters. The molecule has 0 radical (unpaired) electrons. The number of carbonyl (C=O) groups excluding carboxylic acids is 1. The minimum atomic E-state index is -0.486. The largest absolute Gasteiger partial charge is 0.467 e. The number of hydrogen-bond donors (Lipinski definition) is 1. The number of furan rings is 1. The van der Waals surface area contributed by atoms with E-state index < -0.39 is 5.25 Å². The number of aromatic nitrogens is 2. The average molecular weight is 456 g/mol. The van der Waals surface area contributed by atoms with Crippen LogP contribution in [0.15, 0.2) is 99.5 Å². The maximum Gasteiger partial charge on any atom is 0.262 e. The van der Waals surface area contributed by atoms with Crippen LogP contribution < -0.4 is 10.9 Å². The molecule has 2 heterocycles. The first-order valence-electron chi connectivity index (χ1n) is 10.6. The highest BCUT2D eigenvalue weighted by molar-refractivity contribution is 8.00. The molecule has 6 nitrogen and oxygen atoms in total. The van der Waals surface area contributed by atoms with Crippen LogP contribution in [0.2, 0.25) is 0 Å². The number of hydrogen-bond acceptors (Lipinski definition) is 5. The van der Waals surface area contributed by atoms with Gasteiger partial charge in [-0.1, -0.05) is 60.3 Å². The zero-order valence-electron chi connectivity index (χ0n) is 17.9. The van der Waals surface area contributed by atoms with Crippen molar-refractivity contribution in [2.24, 2.45) is 0 Å². The minimum absolute atomic E-state index is 0.164. The van der Waals surface area contributed by atoms with Crippen molar-refractivity contribution in [1.82, 2.24) is 9.55 Å². The van der Waals surface area contributed by atoms with E-state index in [1.807, 2.05) is 67.6 Å². The van der Waals surface area contributed by atoms with E-state index in [1.165, 1.54) is 11.8 Å². The third-order valence-corrected chi connectivity index (χ3v) is 6.51. The Morgan fingerprint density at radius 2 is 1.76 bits per heavy atom. The van der Waals surface area contributed by atoms with Gasteiger partial charge in [0, 0.05) is 11.1 Å². The third-order valence-electron chi connectivity index (χ3n) is 5.42. The molecule has 0 aliphatic heterocycles. The molecule has 0 aliphatic rings. The second-order valence-corrected chi connectivity index (χ2v) is 8.97. The van der Waals surface area contributed by atoms with E-state index in [9.17, 15) is 9.59 Å². The fourth-order valence-corrected chi connectivity index (χ4v) is 4.62. The van der Waals surface area contributed by atoms with Gasteiger partial charge in [0.1, 0.15) is 5.76 Å². The lowest BCUT2D eigenvalue weighted by Crippen LogP contribution is -2.27. The van der Waals surface area contributed by atoms with Crippen molar-refractivity contribution in [3.8, 4) is 0 Å². The van der Waals surface area contributed by atoms with E-state index >= 15 is 0 Å². The van der Waals surface area contributed by atoms with E-state index in [2.05, 4.69) is 5.32 Å². The number of amides is 1. The summed E-state index contributed by atoms with van der Waals surface area (Å²) >= 11 is 1.25. The van der Waals surface area contributed by atoms with Crippen LogP contribution >= 0.6 is 11.8 Å². The first-order valence-corrected chi connectivity index (χ1v) is 11.5. The molecule has 0 spiro atoms. The SMILES string of the molecule is CC(Sc1nc2ccccc2c(=O)n1Cc1ccco1)C(=O)Nc1cccc2ccccc12. The van der Waals surface area contributed by atoms with Gasteiger partial charge in [-0.15, -0.1) is 0 Å². The van der Waals surface area contributed by atoms with Crippen LogP contribution in [-0.4, -0.2) is 20.7 Å². The molecule has 164 valence electrons. The summed E-state index contributed by atoms with van der Waals surface area (Å²) in [5.74, 6) is 0.479. The number of benzene rings is 3. The first kappa shape index (κ1) is 21.0. The zero-order valence-corrected chi connectivity index (χ0v) is 18.7. The van der Waals surface area contributed by atoms with Crippen LogP contribution in [0.25, 0.3) is 21.7 Å². The van der Waals surface area contributed by atoms with E-state index in [4.69, 9.17) is 9.40 Å². The van der Waals surface area contributed by atoms with Crippen molar-refractivity contribution < 1.29 is 9.21 Å². The van der Waals surface area contributed by atoms with Gasteiger partial charge in [-0.2, -0.15) is 0 Å². The molecule has 33 heavy (non-hydrogen) atoms. The lowest BCUT2D eigenvalue weighted by atomic mass is 10.1. The Kier molecular flexibility index (Phi) is 5.71. The standard InChI is InChI=1S/C26H21N3O3S/c1-17(24(30)27-22-14-6-9-18-8-2-3-11-20(18)22)33-26-28-23-13-5-4-12-21(23)25(31)29(26)16-19-10-7-15-32-19/h2-15,17H,16H2,1H3,(H,27,30). The highest BCUT2D eigenvalue weighted by Crippen LogP contribution is 2.27. The fourth-order valence-electron chi connectivity index (χ4n) is 3.72. The molecule has 1 N–H and O–H groups in total. The van der Waals surface area contributed by atoms with Crippen molar-refractivity contribution in [2.75, 3.05) is 5.32 Å². The Bertz CT molecular complexity index is 1500. The van der Waals surface area contributed by atoms with Gasteiger partial charge in [0.2, 0.25) is 5.91 Å². The number of carbonyl (C=O) groups is 1. The third kappa shape index (κ3) is 4.27. The van der Waals surface area contributed by atoms with Crippen LogP contribution in [0.4, 0.5) is 5.69 Å². The summed E-state index contributed by atoms with van der Waals surface area (Å²) in [6.45, 7) is 2.05. The normalized spacial score (nSPS) is 12.2. The Morgan fingerprint density at radius 1 is 1.00 bits per heavy atom. The zero-order chi connectivity index (χ0) is 22.8. The number of nitrogens with one attached hydrogen (secondary N) is 1. The lowest BCUT2D eigenvalue weighted by Gasteiger charge is -2.16. The molecule has 0 fully saturated rings. The van der Waals surface area contributed by atoms with Crippen LogP contribution in [-0.2, 0) is 11.3 Å². The lowest BCUT2D eigenvalue weighted by molar-refractivity contribution is -0.115. The molecule has 0 saturated heterocycles. The predicted octanol–water partition coefficient (Wildman–Crippen LogP) is 5.31. The number of anilines is 1. The van der Waals surface area contributed by atoms with Crippen LogP contribution in [0.3, 0.4) is 0 Å². The van der Waals surface area contributed by atoms with Crippen molar-refractivity contribution in [2.45, 2.75) is 23.9 Å². The van der Waals surface area contributed by atoms with Crippen LogP contribution in [0.5, 0.6) is 0 Å². The topological polar surface area (TPSA) is 77.1 Å². The van der Waals surface area contributed by atoms with Crippen molar-refractivity contribution in [1.29, 1.82) is 0 Å². The first-order chi connectivity index (χ1) is 16.1. The molecule has 7 heteroatoms. The van der Waals surface area contributed by atoms with Crippen LogP contribution in [0, 0.1) is 0 Å². The van der Waals surface area contributed by atoms with Gasteiger partial charge in [-0.3, -0.25) is 14.2 Å². The highest BCUT2D eigenvalue weighted by atomic mass is 32.2. The number of nitrogens with zero attached hydrogens (tertiary/aromatic N) is 2. The summed E-state index contributed by atoms with van der Waals surface area (Å²) < 4.78 is 7.02. The molecular weight excluding hydrogens is 434 g/mol. The molecular formula is C26H21N3O3S. The van der Waals surface area contributed by atoms with Gasteiger partial charge in [0.05, 0.1) is 29.0 Å². The Morgan fingerprint density at radius 3 is 2.58 bits per heavy atom. The Balaban J connectivity index is 1.46. The highest BCUT2D eigenvalue weighted by Gasteiger charge is 2.20. The minimum Gasteiger partial charge on any atom is -0.467 e. The molecule has 0 bridgehead atoms. The maximum absolute atomic E-state index is 13.2. The summed E-state index contributed by atoms with van der Waals surface area (Å²) in [5.41, 5.74) is 1.19. The van der Waals surface area contributed by atoms with E-state index in [0.29, 0.717) is 21.8 Å². The fraction of sp³-hybridized carbons (Fsp3) is 0.115. The monoisotopic (exact) mass is 455 g/mol. The van der Waals surface area contributed by atoms with Gasteiger partial charge in [0.15, 0.2) is 5.16 Å². The van der Waals surface area contributed by atoms with E-state index in [-0.39, 0.29) is 18.0 Å². The molecule has 3 aromatic carbocycles. The van der Waals surface area contributed by atoms with Crippen LogP contribution in [0.1, 0.15) is 12.7 Å². The Hall–Kier alpha value is -3.84. The van der Waals surface area contributed by atoms with Gasteiger partial charge in [-0.25, -0.2) is 4.98 Å². The average Bonchev–Trinajstić information content (AvgIpc) is 3.35. The molecule has 0 saturated carbocycles. The molecule has 2 aromatic heterocycles. The number of thioether (sulfide) groups is 1. The predicted molar refractivity (Wildman–Crippen MR) is 132 cm³/mol. The summed E-state index contributed by atoms with van der Waals surface area (Å²) in [5, 5.41) is 5.57. The molecule has 1 atom stereocenters. The van der Waals surface area contributed by atoms with E-state index in [1.54, 1.807) is 29.0 Å². The summed E-state index contributed by atoms with van der Waals surface area (Å²) in [6.07, 6.45) is 1.57. The van der Waals surface area contributed by atoms with Gasteiger partial charge < -0.3 is 9.73 Å². The van der Waals surface area contributed by atoms with Crippen molar-refractivity contribution >= 4 is 45.0 Å². The summed E-state index contributed by atoms with van der Waals surface area (Å²) in [7, 11) is 0. The van der Waals surface area contributed by atoms with Gasteiger partial charge in [0.25, 0.3) is 5.56 Å².